The van der Waals surface area contributed by atoms with Gasteiger partial charge in [-0.05, 0) is 24.1 Å². The van der Waals surface area contributed by atoms with Gasteiger partial charge in [-0.15, -0.1) is 0 Å². The molecule has 16 heavy (non-hydrogen) atoms. The molecule has 0 radical (unpaired) electrons. The number of aliphatic hydroxyl groups is 1. The normalized spacial score (nSPS) is 13.8. The molecule has 0 aliphatic carbocycles. The topological polar surface area (TPSA) is 45.1 Å². The van der Waals surface area contributed by atoms with Gasteiger partial charge in [0.1, 0.15) is 6.04 Å². The summed E-state index contributed by atoms with van der Waals surface area (Å²) in [5, 5.41) is 10.8. The Bertz CT molecular complexity index is 303. The summed E-state index contributed by atoms with van der Waals surface area (Å²) in [5.74, 6) is 0. The Hall–Kier alpha value is -1.14. The largest absolute Gasteiger partial charge is 0.404 e. The number of halogens is 3. The monoisotopic (exact) mass is 234 g/mol. The number of pyridine rings is 1. The van der Waals surface area contributed by atoms with E-state index in [1.54, 1.807) is 12.1 Å². The molecule has 0 spiro atoms. The minimum Gasteiger partial charge on any atom is -0.395 e. The zero-order valence-corrected chi connectivity index (χ0v) is 8.54. The summed E-state index contributed by atoms with van der Waals surface area (Å²) in [6.07, 6.45) is -1.58. The lowest BCUT2D eigenvalue weighted by Crippen LogP contribution is -2.45. The Morgan fingerprint density at radius 2 is 1.94 bits per heavy atom. The molecule has 1 rings (SSSR count). The zero-order chi connectivity index (χ0) is 12.0. The fourth-order valence-electron chi connectivity index (χ4n) is 1.30. The second-order valence-corrected chi connectivity index (χ2v) is 3.33. The van der Waals surface area contributed by atoms with Gasteiger partial charge in [0.25, 0.3) is 0 Å². The quantitative estimate of drug-likeness (QED) is 0.803. The van der Waals surface area contributed by atoms with Crippen LogP contribution in [0.1, 0.15) is 5.56 Å². The van der Waals surface area contributed by atoms with Gasteiger partial charge >= 0.3 is 6.18 Å². The van der Waals surface area contributed by atoms with Crippen LogP contribution in [0.4, 0.5) is 13.2 Å². The van der Waals surface area contributed by atoms with Crippen molar-refractivity contribution >= 4 is 0 Å². The molecule has 0 aromatic carbocycles. The van der Waals surface area contributed by atoms with Gasteiger partial charge < -0.3 is 10.4 Å². The highest BCUT2D eigenvalue weighted by molar-refractivity contribution is 5.12. The fourth-order valence-corrected chi connectivity index (χ4v) is 1.30. The van der Waals surface area contributed by atoms with Crippen molar-refractivity contribution in [3.05, 3.63) is 30.1 Å². The molecule has 1 heterocycles. The van der Waals surface area contributed by atoms with Crippen LogP contribution >= 0.6 is 0 Å². The molecule has 1 atom stereocenters. The van der Waals surface area contributed by atoms with E-state index in [4.69, 9.17) is 5.11 Å². The van der Waals surface area contributed by atoms with Crippen LogP contribution in [-0.2, 0) is 6.42 Å². The molecule has 0 saturated carbocycles. The third kappa shape index (κ3) is 4.16. The van der Waals surface area contributed by atoms with Crippen molar-refractivity contribution in [3.8, 4) is 0 Å². The van der Waals surface area contributed by atoms with Gasteiger partial charge in [0, 0.05) is 18.9 Å². The summed E-state index contributed by atoms with van der Waals surface area (Å²) in [6.45, 7) is -0.391. The number of nitrogens with zero attached hydrogens (tertiary/aromatic N) is 1. The highest BCUT2D eigenvalue weighted by atomic mass is 19.4. The highest BCUT2D eigenvalue weighted by Crippen LogP contribution is 2.22. The molecule has 0 aliphatic rings. The van der Waals surface area contributed by atoms with Crippen molar-refractivity contribution < 1.29 is 18.3 Å². The lowest BCUT2D eigenvalue weighted by molar-refractivity contribution is -0.155. The number of rotatable bonds is 5. The number of nitrogens with one attached hydrogen (secondary N) is 1. The molecule has 2 N–H and O–H groups in total. The Morgan fingerprint density at radius 3 is 2.44 bits per heavy atom. The number of hydrogen-bond acceptors (Lipinski definition) is 3. The van der Waals surface area contributed by atoms with Crippen molar-refractivity contribution in [2.24, 2.45) is 0 Å². The van der Waals surface area contributed by atoms with E-state index in [1.807, 2.05) is 0 Å². The van der Waals surface area contributed by atoms with Crippen molar-refractivity contribution in [1.82, 2.24) is 10.3 Å². The predicted molar refractivity (Wildman–Crippen MR) is 52.9 cm³/mol. The van der Waals surface area contributed by atoms with E-state index in [0.29, 0.717) is 5.56 Å². The first-order valence-electron chi connectivity index (χ1n) is 4.84. The molecule has 0 aliphatic heterocycles. The molecule has 1 unspecified atom stereocenters. The van der Waals surface area contributed by atoms with Crippen LogP contribution in [0.5, 0.6) is 0 Å². The van der Waals surface area contributed by atoms with Crippen molar-refractivity contribution in [3.63, 3.8) is 0 Å². The zero-order valence-electron chi connectivity index (χ0n) is 8.54. The molecule has 0 fully saturated rings. The summed E-state index contributed by atoms with van der Waals surface area (Å²) >= 11 is 0. The number of aliphatic hydroxyl groups excluding tert-OH is 1. The summed E-state index contributed by atoms with van der Waals surface area (Å²) in [6, 6.07) is 1.45. The van der Waals surface area contributed by atoms with Gasteiger partial charge in [0.2, 0.25) is 0 Å². The van der Waals surface area contributed by atoms with Crippen molar-refractivity contribution in [2.75, 3.05) is 13.2 Å². The summed E-state index contributed by atoms with van der Waals surface area (Å²) in [7, 11) is 0. The van der Waals surface area contributed by atoms with Crippen LogP contribution in [-0.4, -0.2) is 35.5 Å². The smallest absolute Gasteiger partial charge is 0.395 e. The maximum atomic E-state index is 12.6. The first kappa shape index (κ1) is 12.9. The first-order valence-corrected chi connectivity index (χ1v) is 4.84. The fraction of sp³-hybridized carbons (Fsp3) is 0.500. The maximum Gasteiger partial charge on any atom is 0.404 e. The van der Waals surface area contributed by atoms with Crippen LogP contribution in [0.25, 0.3) is 0 Å². The van der Waals surface area contributed by atoms with Gasteiger partial charge in [0.15, 0.2) is 0 Å². The Labute approximate surface area is 91.3 Å². The molecular formula is C10H13F3N2O. The van der Waals surface area contributed by atoms with E-state index in [2.05, 4.69) is 10.3 Å². The maximum absolute atomic E-state index is 12.6. The van der Waals surface area contributed by atoms with E-state index in [-0.39, 0.29) is 19.6 Å². The molecule has 1 aromatic heterocycles. The van der Waals surface area contributed by atoms with Crippen LogP contribution in [0.3, 0.4) is 0 Å². The Balaban J connectivity index is 2.64. The first-order chi connectivity index (χ1) is 7.54. The predicted octanol–water partition coefficient (Wildman–Crippen LogP) is 1.14. The van der Waals surface area contributed by atoms with E-state index in [1.165, 1.54) is 12.4 Å². The van der Waals surface area contributed by atoms with Crippen LogP contribution in [0, 0.1) is 0 Å². The van der Waals surface area contributed by atoms with Gasteiger partial charge in [-0.2, -0.15) is 13.2 Å². The van der Waals surface area contributed by atoms with Gasteiger partial charge in [-0.3, -0.25) is 4.98 Å². The van der Waals surface area contributed by atoms with Crippen LogP contribution in [0.15, 0.2) is 24.5 Å². The third-order valence-corrected chi connectivity index (χ3v) is 2.09. The standard InChI is InChI=1S/C10H13F3N2O/c11-10(12,13)9(15-5-6-16)7-8-1-3-14-4-2-8/h1-4,9,15-16H,5-7H2. The summed E-state index contributed by atoms with van der Waals surface area (Å²) < 4.78 is 37.7. The van der Waals surface area contributed by atoms with Gasteiger partial charge in [0.05, 0.1) is 6.61 Å². The number of hydrogen-bond donors (Lipinski definition) is 2. The highest BCUT2D eigenvalue weighted by Gasteiger charge is 2.38. The van der Waals surface area contributed by atoms with Crippen LogP contribution < -0.4 is 5.32 Å². The molecule has 0 amide bonds. The lowest BCUT2D eigenvalue weighted by Gasteiger charge is -2.21. The second kappa shape index (κ2) is 5.81. The molecule has 0 bridgehead atoms. The van der Waals surface area contributed by atoms with E-state index in [0.717, 1.165) is 0 Å². The summed E-state index contributed by atoms with van der Waals surface area (Å²) in [4.78, 5) is 3.74. The number of aromatic nitrogens is 1. The van der Waals surface area contributed by atoms with Crippen molar-refractivity contribution in [2.45, 2.75) is 18.6 Å². The average molecular weight is 234 g/mol. The van der Waals surface area contributed by atoms with Crippen molar-refractivity contribution in [1.29, 1.82) is 0 Å². The third-order valence-electron chi connectivity index (χ3n) is 2.09. The van der Waals surface area contributed by atoms with E-state index in [9.17, 15) is 13.2 Å². The minimum atomic E-state index is -4.32. The molecule has 3 nitrogen and oxygen atoms in total. The second-order valence-electron chi connectivity index (χ2n) is 3.33. The molecule has 90 valence electrons. The summed E-state index contributed by atoms with van der Waals surface area (Å²) in [5.41, 5.74) is 0.558. The van der Waals surface area contributed by atoms with Gasteiger partial charge in [-0.25, -0.2) is 0 Å². The lowest BCUT2D eigenvalue weighted by atomic mass is 10.1. The Kier molecular flexibility index (Phi) is 4.70. The average Bonchev–Trinajstić information content (AvgIpc) is 2.24. The van der Waals surface area contributed by atoms with Crippen LogP contribution in [0.2, 0.25) is 0 Å². The molecule has 1 aromatic rings. The Morgan fingerprint density at radius 1 is 1.31 bits per heavy atom. The van der Waals surface area contributed by atoms with E-state index >= 15 is 0 Å². The molecule has 0 saturated heterocycles. The SMILES string of the molecule is OCCNC(Cc1ccncc1)C(F)(F)F. The number of alkyl halides is 3. The minimum absolute atomic E-state index is 0.0741. The molecular weight excluding hydrogens is 221 g/mol. The van der Waals surface area contributed by atoms with E-state index < -0.39 is 12.2 Å². The molecule has 6 heteroatoms. The van der Waals surface area contributed by atoms with Gasteiger partial charge in [-0.1, -0.05) is 0 Å².